The molecule has 0 unspecified atom stereocenters. The molecule has 5 rings (SSSR count). The van der Waals surface area contributed by atoms with Crippen LogP contribution in [0.3, 0.4) is 0 Å². The fourth-order valence-corrected chi connectivity index (χ4v) is 6.46. The lowest BCUT2D eigenvalue weighted by Crippen LogP contribution is -1.93. The van der Waals surface area contributed by atoms with Crippen LogP contribution in [0.5, 0.6) is 0 Å². The van der Waals surface area contributed by atoms with E-state index in [1.165, 1.54) is 38.3 Å². The summed E-state index contributed by atoms with van der Waals surface area (Å²) in [5.74, 6) is 0. The molecule has 0 saturated carbocycles. The average Bonchev–Trinajstić information content (AvgIpc) is 3.32. The molecule has 0 aliphatic carbocycles. The second-order valence-electron chi connectivity index (χ2n) is 5.58. The van der Waals surface area contributed by atoms with E-state index in [4.69, 9.17) is 0 Å². The maximum atomic E-state index is 2.28. The molecule has 0 radical (unpaired) electrons. The highest BCUT2D eigenvalue weighted by Crippen LogP contribution is 2.18. The smallest absolute Gasteiger partial charge is 0.0290 e. The van der Waals surface area contributed by atoms with Crippen LogP contribution in [0, 0.1) is 0 Å². The van der Waals surface area contributed by atoms with Crippen LogP contribution in [-0.4, -0.2) is 0 Å². The summed E-state index contributed by atoms with van der Waals surface area (Å²) in [5, 5.41) is 2.23. The number of hydrogen-bond donors (Lipinski definition) is 0. The summed E-state index contributed by atoms with van der Waals surface area (Å²) >= 11 is 7.34. The molecule has 8 bridgehead atoms. The van der Waals surface area contributed by atoms with E-state index in [1.807, 2.05) is 34.0 Å². The second-order valence-corrected chi connectivity index (χ2v) is 9.96. The fraction of sp³-hybridized carbons (Fsp3) is 0. The van der Waals surface area contributed by atoms with Crippen LogP contribution in [0.1, 0.15) is 20.2 Å². The van der Waals surface area contributed by atoms with E-state index in [9.17, 15) is 0 Å². The highest BCUT2D eigenvalue weighted by atomic mass is 32.1. The Morgan fingerprint density at radius 1 is 0.500 bits per heavy atom. The lowest BCUT2D eigenvalue weighted by molar-refractivity contribution is 1.78. The Morgan fingerprint density at radius 3 is 1.67 bits per heavy atom. The van der Waals surface area contributed by atoms with Gasteiger partial charge in [0.2, 0.25) is 0 Å². The van der Waals surface area contributed by atoms with E-state index < -0.39 is 0 Å². The van der Waals surface area contributed by atoms with E-state index in [-0.39, 0.29) is 0 Å². The highest BCUT2D eigenvalue weighted by molar-refractivity contribution is 7.14. The van der Waals surface area contributed by atoms with E-state index in [2.05, 4.69) is 72.1 Å². The van der Waals surface area contributed by atoms with Gasteiger partial charge in [0.05, 0.1) is 0 Å². The zero-order chi connectivity index (χ0) is 15.9. The SMILES string of the molecule is C1=c2/cc/c(s2)=C/c2ccc(s2)/C=c2/cc/c(s2)=C/c2cc/1cs2. The number of hydrogen-bond acceptors (Lipinski definition) is 4. The van der Waals surface area contributed by atoms with Crippen molar-refractivity contribution >= 4 is 69.7 Å². The monoisotopic (exact) mass is 380 g/mol. The van der Waals surface area contributed by atoms with Crippen molar-refractivity contribution in [2.45, 2.75) is 0 Å². The predicted molar refractivity (Wildman–Crippen MR) is 110 cm³/mol. The van der Waals surface area contributed by atoms with Crippen molar-refractivity contribution in [2.24, 2.45) is 0 Å². The molecule has 1 aliphatic rings. The van der Waals surface area contributed by atoms with E-state index in [0.29, 0.717) is 0 Å². The minimum atomic E-state index is 1.29. The van der Waals surface area contributed by atoms with Gasteiger partial charge >= 0.3 is 0 Å². The molecule has 4 aromatic rings. The molecule has 0 fully saturated rings. The second kappa shape index (κ2) is 5.97. The third-order valence-electron chi connectivity index (χ3n) is 3.75. The maximum Gasteiger partial charge on any atom is 0.0290 e. The van der Waals surface area contributed by atoms with Gasteiger partial charge in [0.15, 0.2) is 0 Å². The maximum absolute atomic E-state index is 2.28. The number of thiophene rings is 4. The van der Waals surface area contributed by atoms with Crippen LogP contribution in [0.25, 0.3) is 24.3 Å². The molecule has 0 spiro atoms. The number of rotatable bonds is 0. The van der Waals surface area contributed by atoms with Crippen molar-refractivity contribution < 1.29 is 0 Å². The summed E-state index contributed by atoms with van der Waals surface area (Å²) in [5.41, 5.74) is 1.29. The zero-order valence-electron chi connectivity index (χ0n) is 12.6. The molecule has 4 aromatic heterocycles. The first-order valence-electron chi connectivity index (χ1n) is 7.57. The normalized spacial score (nSPS) is 18.3. The molecule has 1 aliphatic heterocycles. The molecule has 0 amide bonds. The first-order valence-corrected chi connectivity index (χ1v) is 10.9. The molecule has 4 heteroatoms. The Balaban J connectivity index is 1.79. The van der Waals surface area contributed by atoms with Crippen LogP contribution < -0.4 is 18.1 Å². The van der Waals surface area contributed by atoms with E-state index >= 15 is 0 Å². The van der Waals surface area contributed by atoms with Crippen molar-refractivity contribution in [2.75, 3.05) is 0 Å². The summed E-state index contributed by atoms with van der Waals surface area (Å²) in [4.78, 5) is 3.93. The van der Waals surface area contributed by atoms with Crippen molar-refractivity contribution in [1.29, 1.82) is 0 Å². The van der Waals surface area contributed by atoms with E-state index in [0.717, 1.165) is 0 Å². The van der Waals surface area contributed by atoms with Gasteiger partial charge in [-0.2, -0.15) is 0 Å². The molecular weight excluding hydrogens is 368 g/mol. The van der Waals surface area contributed by atoms with Crippen LogP contribution in [0.2, 0.25) is 0 Å². The number of fused-ring (bicyclic) bond motifs is 8. The summed E-state index contributed by atoms with van der Waals surface area (Å²) in [6.45, 7) is 0. The summed E-state index contributed by atoms with van der Waals surface area (Å²) in [6.07, 6.45) is 9.12. The molecule has 0 nitrogen and oxygen atoms in total. The minimum Gasteiger partial charge on any atom is -0.144 e. The third-order valence-corrected chi connectivity index (χ3v) is 7.58. The van der Waals surface area contributed by atoms with Gasteiger partial charge in [-0.25, -0.2) is 0 Å². The Bertz CT molecular complexity index is 1070. The van der Waals surface area contributed by atoms with Crippen LogP contribution in [0.15, 0.2) is 47.8 Å². The van der Waals surface area contributed by atoms with Gasteiger partial charge in [0.1, 0.15) is 0 Å². The van der Waals surface area contributed by atoms with Crippen LogP contribution in [-0.2, 0) is 0 Å². The van der Waals surface area contributed by atoms with Gasteiger partial charge in [-0.05, 0) is 77.7 Å². The zero-order valence-corrected chi connectivity index (χ0v) is 15.8. The lowest BCUT2D eigenvalue weighted by atomic mass is 10.3. The van der Waals surface area contributed by atoms with Crippen LogP contribution >= 0.6 is 45.3 Å². The quantitative estimate of drug-likeness (QED) is 0.385. The Hall–Kier alpha value is -1.72. The molecule has 0 aromatic carbocycles. The van der Waals surface area contributed by atoms with Gasteiger partial charge < -0.3 is 0 Å². The largest absolute Gasteiger partial charge is 0.144 e. The minimum absolute atomic E-state index is 1.29. The van der Waals surface area contributed by atoms with Crippen LogP contribution in [0.4, 0.5) is 0 Å². The van der Waals surface area contributed by atoms with Crippen molar-refractivity contribution in [3.63, 3.8) is 0 Å². The van der Waals surface area contributed by atoms with Gasteiger partial charge in [-0.1, -0.05) is 0 Å². The molecule has 0 atom stereocenters. The first-order chi connectivity index (χ1) is 11.8. The first kappa shape index (κ1) is 14.6. The Labute approximate surface area is 155 Å². The molecule has 5 heterocycles. The molecule has 116 valence electrons. The average molecular weight is 381 g/mol. The standard InChI is InChI=1S/C20H12S4/c1-2-15-9-16-3-4-17(23-16)10-18-5-6-19(24-18)11-20-8-13(12-21-20)7-14(1)22-15/h1-12H/b14-7-,15-9-,18-10-,19-11-. The molecule has 0 saturated heterocycles. The molecule has 0 N–H and O–H groups in total. The van der Waals surface area contributed by atoms with Gasteiger partial charge in [-0.3, -0.25) is 0 Å². The fourth-order valence-electron chi connectivity index (χ4n) is 2.68. The molecular formula is C20H12S4. The summed E-state index contributed by atoms with van der Waals surface area (Å²) in [6, 6.07) is 15.5. The van der Waals surface area contributed by atoms with Crippen molar-refractivity contribution in [3.05, 3.63) is 86.2 Å². The van der Waals surface area contributed by atoms with Gasteiger partial charge in [0.25, 0.3) is 0 Å². The third kappa shape index (κ3) is 2.98. The molecule has 24 heavy (non-hydrogen) atoms. The van der Waals surface area contributed by atoms with Crippen molar-refractivity contribution in [1.82, 2.24) is 0 Å². The van der Waals surface area contributed by atoms with Gasteiger partial charge in [0, 0.05) is 32.8 Å². The summed E-state index contributed by atoms with van der Waals surface area (Å²) < 4.78 is 5.23. The Morgan fingerprint density at radius 2 is 1.04 bits per heavy atom. The lowest BCUT2D eigenvalue weighted by Gasteiger charge is -1.83. The Kier molecular flexibility index (Phi) is 3.64. The van der Waals surface area contributed by atoms with E-state index in [1.54, 1.807) is 11.3 Å². The van der Waals surface area contributed by atoms with Crippen molar-refractivity contribution in [3.8, 4) is 0 Å². The summed E-state index contributed by atoms with van der Waals surface area (Å²) in [7, 11) is 0. The topological polar surface area (TPSA) is 0 Å². The van der Waals surface area contributed by atoms with Gasteiger partial charge in [-0.15, -0.1) is 45.3 Å². The predicted octanol–water partition coefficient (Wildman–Crippen LogP) is 3.56. The highest BCUT2D eigenvalue weighted by Gasteiger charge is 1.99.